The van der Waals surface area contributed by atoms with Crippen LogP contribution in [0.3, 0.4) is 0 Å². The molecule has 4 heterocycles. The smallest absolute Gasteiger partial charge is 0.228 e. The number of likely N-dealkylation sites (tertiary alicyclic amines) is 1. The minimum Gasteiger partial charge on any atom is -0.488 e. The van der Waals surface area contributed by atoms with E-state index in [0.717, 1.165) is 48.5 Å². The van der Waals surface area contributed by atoms with E-state index < -0.39 is 0 Å². The third-order valence-corrected chi connectivity index (χ3v) is 6.18. The fourth-order valence-electron chi connectivity index (χ4n) is 4.31. The molecule has 2 fully saturated rings. The molecule has 158 valence electrons. The number of pyridine rings is 1. The second kappa shape index (κ2) is 7.75. The Morgan fingerprint density at radius 3 is 2.97 bits per heavy atom. The van der Waals surface area contributed by atoms with Gasteiger partial charge < -0.3 is 10.1 Å². The highest BCUT2D eigenvalue weighted by Crippen LogP contribution is 2.32. The normalized spacial score (nSPS) is 19.5. The van der Waals surface area contributed by atoms with Gasteiger partial charge in [0, 0.05) is 36.8 Å². The Bertz CT molecular complexity index is 1070. The number of anilines is 1. The summed E-state index contributed by atoms with van der Waals surface area (Å²) in [4.78, 5) is 14.5. The zero-order chi connectivity index (χ0) is 20.7. The molecular formula is C22H28N6O2. The first-order valence-electron chi connectivity index (χ1n) is 10.8. The van der Waals surface area contributed by atoms with E-state index >= 15 is 0 Å². The molecule has 8 heteroatoms. The van der Waals surface area contributed by atoms with Crippen LogP contribution in [0.4, 0.5) is 5.82 Å². The SMILES string of the molecule is CCN1CCC[C@H]1COc1cnn(C)c1-c1ccn2nc(NC(=O)C3CC3)cc2c1. The number of fused-ring (bicyclic) bond motifs is 1. The molecule has 0 spiro atoms. The maximum atomic E-state index is 12.0. The quantitative estimate of drug-likeness (QED) is 0.650. The van der Waals surface area contributed by atoms with Crippen molar-refractivity contribution in [2.45, 2.75) is 38.6 Å². The number of carbonyl (C=O) groups is 1. The third-order valence-electron chi connectivity index (χ3n) is 6.18. The lowest BCUT2D eigenvalue weighted by molar-refractivity contribution is -0.117. The number of likely N-dealkylation sites (N-methyl/N-ethyl adjacent to an activating group) is 1. The largest absolute Gasteiger partial charge is 0.488 e. The second-order valence-electron chi connectivity index (χ2n) is 8.29. The molecule has 3 aromatic heterocycles. The summed E-state index contributed by atoms with van der Waals surface area (Å²) in [6.07, 6.45) is 8.07. The Hall–Kier alpha value is -2.87. The van der Waals surface area contributed by atoms with Crippen molar-refractivity contribution in [2.24, 2.45) is 13.0 Å². The minimum absolute atomic E-state index is 0.0639. The zero-order valence-electron chi connectivity index (χ0n) is 17.5. The van der Waals surface area contributed by atoms with Crippen LogP contribution in [0.5, 0.6) is 5.75 Å². The molecule has 8 nitrogen and oxygen atoms in total. The maximum Gasteiger partial charge on any atom is 0.228 e. The first kappa shape index (κ1) is 19.1. The van der Waals surface area contributed by atoms with Gasteiger partial charge in [0.05, 0.1) is 11.7 Å². The number of amides is 1. The van der Waals surface area contributed by atoms with Gasteiger partial charge in [0.2, 0.25) is 5.91 Å². The summed E-state index contributed by atoms with van der Waals surface area (Å²) < 4.78 is 9.85. The van der Waals surface area contributed by atoms with E-state index in [1.807, 2.05) is 30.1 Å². The van der Waals surface area contributed by atoms with Gasteiger partial charge in [-0.25, -0.2) is 4.52 Å². The molecule has 0 bridgehead atoms. The molecule has 1 aliphatic heterocycles. The van der Waals surface area contributed by atoms with Gasteiger partial charge in [0.1, 0.15) is 12.3 Å². The van der Waals surface area contributed by atoms with E-state index in [1.54, 1.807) is 10.7 Å². The molecular weight excluding hydrogens is 380 g/mol. The molecule has 1 aliphatic carbocycles. The predicted molar refractivity (Wildman–Crippen MR) is 115 cm³/mol. The predicted octanol–water partition coefficient (Wildman–Crippen LogP) is 2.95. The van der Waals surface area contributed by atoms with Crippen molar-refractivity contribution in [3.8, 4) is 17.0 Å². The van der Waals surface area contributed by atoms with Crippen molar-refractivity contribution in [1.82, 2.24) is 24.3 Å². The molecule has 1 saturated carbocycles. The Labute approximate surface area is 175 Å². The van der Waals surface area contributed by atoms with Crippen LogP contribution in [0.15, 0.2) is 30.6 Å². The van der Waals surface area contributed by atoms with Crippen LogP contribution in [-0.2, 0) is 11.8 Å². The highest BCUT2D eigenvalue weighted by Gasteiger charge is 2.30. The van der Waals surface area contributed by atoms with Crippen LogP contribution in [0, 0.1) is 5.92 Å². The summed E-state index contributed by atoms with van der Waals surface area (Å²) in [6, 6.07) is 6.43. The molecule has 3 aromatic rings. The third kappa shape index (κ3) is 3.67. The van der Waals surface area contributed by atoms with E-state index in [2.05, 4.69) is 33.4 Å². The van der Waals surface area contributed by atoms with Crippen LogP contribution in [0.1, 0.15) is 32.6 Å². The number of hydrogen-bond donors (Lipinski definition) is 1. The second-order valence-corrected chi connectivity index (χ2v) is 8.29. The standard InChI is InChI=1S/C22H28N6O2/c1-3-27-9-4-5-17(27)14-30-19-13-23-26(2)21(19)16-8-10-28-18(11-16)12-20(25-28)24-22(29)15-6-7-15/h8,10-13,15,17H,3-7,9,14H2,1-2H3,(H,24,25,29)/t17-/m0/s1. The molecule has 1 atom stereocenters. The van der Waals surface area contributed by atoms with Crippen molar-refractivity contribution in [1.29, 1.82) is 0 Å². The number of ether oxygens (including phenoxy) is 1. The highest BCUT2D eigenvalue weighted by molar-refractivity contribution is 5.93. The van der Waals surface area contributed by atoms with Gasteiger partial charge in [-0.2, -0.15) is 10.2 Å². The van der Waals surface area contributed by atoms with Gasteiger partial charge in [-0.15, -0.1) is 0 Å². The number of carbonyl (C=O) groups excluding carboxylic acids is 1. The summed E-state index contributed by atoms with van der Waals surface area (Å²) in [7, 11) is 1.93. The van der Waals surface area contributed by atoms with Crippen molar-refractivity contribution in [2.75, 3.05) is 25.0 Å². The summed E-state index contributed by atoms with van der Waals surface area (Å²) in [6.45, 7) is 5.10. The minimum atomic E-state index is 0.0639. The lowest BCUT2D eigenvalue weighted by atomic mass is 10.1. The van der Waals surface area contributed by atoms with Crippen molar-refractivity contribution < 1.29 is 9.53 Å². The highest BCUT2D eigenvalue weighted by atomic mass is 16.5. The Morgan fingerprint density at radius 2 is 2.17 bits per heavy atom. The molecule has 2 aliphatic rings. The first-order valence-corrected chi connectivity index (χ1v) is 10.8. The van der Waals surface area contributed by atoms with Gasteiger partial charge in [-0.1, -0.05) is 6.92 Å². The molecule has 30 heavy (non-hydrogen) atoms. The van der Waals surface area contributed by atoms with Gasteiger partial charge in [-0.3, -0.25) is 14.4 Å². The molecule has 0 aromatic carbocycles. The summed E-state index contributed by atoms with van der Waals surface area (Å²) >= 11 is 0. The number of hydrogen-bond acceptors (Lipinski definition) is 5. The van der Waals surface area contributed by atoms with Crippen LogP contribution < -0.4 is 10.1 Å². The number of nitrogens with zero attached hydrogens (tertiary/aromatic N) is 5. The Balaban J connectivity index is 1.36. The topological polar surface area (TPSA) is 76.7 Å². The van der Waals surface area contributed by atoms with E-state index in [4.69, 9.17) is 4.74 Å². The molecule has 0 unspecified atom stereocenters. The summed E-state index contributed by atoms with van der Waals surface area (Å²) in [5, 5.41) is 11.8. The molecule has 1 N–H and O–H groups in total. The summed E-state index contributed by atoms with van der Waals surface area (Å²) in [5.74, 6) is 1.61. The first-order chi connectivity index (χ1) is 14.6. The fraction of sp³-hybridized carbons (Fsp3) is 0.500. The van der Waals surface area contributed by atoms with Gasteiger partial charge >= 0.3 is 0 Å². The average molecular weight is 409 g/mol. The Morgan fingerprint density at radius 1 is 1.30 bits per heavy atom. The zero-order valence-corrected chi connectivity index (χ0v) is 17.5. The van der Waals surface area contributed by atoms with E-state index in [1.165, 1.54) is 12.8 Å². The van der Waals surface area contributed by atoms with E-state index in [9.17, 15) is 4.79 Å². The molecule has 1 amide bonds. The van der Waals surface area contributed by atoms with Gasteiger partial charge in [-0.05, 0) is 50.9 Å². The van der Waals surface area contributed by atoms with E-state index in [-0.39, 0.29) is 11.8 Å². The number of nitrogens with one attached hydrogen (secondary N) is 1. The van der Waals surface area contributed by atoms with Crippen LogP contribution >= 0.6 is 0 Å². The lowest BCUT2D eigenvalue weighted by Gasteiger charge is -2.22. The fourth-order valence-corrected chi connectivity index (χ4v) is 4.31. The number of rotatable bonds is 7. The van der Waals surface area contributed by atoms with Crippen LogP contribution in [-0.4, -0.2) is 55.9 Å². The van der Waals surface area contributed by atoms with Gasteiger partial charge in [0.15, 0.2) is 11.6 Å². The van der Waals surface area contributed by atoms with E-state index in [0.29, 0.717) is 18.5 Å². The van der Waals surface area contributed by atoms with Gasteiger partial charge in [0.25, 0.3) is 0 Å². The van der Waals surface area contributed by atoms with Crippen molar-refractivity contribution in [3.63, 3.8) is 0 Å². The van der Waals surface area contributed by atoms with Crippen molar-refractivity contribution in [3.05, 3.63) is 30.6 Å². The molecule has 0 radical (unpaired) electrons. The molecule has 1 saturated heterocycles. The molecule has 5 rings (SSSR count). The average Bonchev–Trinajstić information content (AvgIpc) is 3.20. The lowest BCUT2D eigenvalue weighted by Crippen LogP contribution is -2.33. The monoisotopic (exact) mass is 408 g/mol. The Kier molecular flexibility index (Phi) is 4.94. The van der Waals surface area contributed by atoms with Crippen molar-refractivity contribution >= 4 is 17.2 Å². The van der Waals surface area contributed by atoms with Crippen LogP contribution in [0.2, 0.25) is 0 Å². The number of aryl methyl sites for hydroxylation is 1. The van der Waals surface area contributed by atoms with Crippen LogP contribution in [0.25, 0.3) is 16.8 Å². The number of aromatic nitrogens is 4. The maximum absolute atomic E-state index is 12.0. The summed E-state index contributed by atoms with van der Waals surface area (Å²) in [5.41, 5.74) is 2.87.